The molecule has 1 aromatic heterocycles. The van der Waals surface area contributed by atoms with Gasteiger partial charge in [-0.2, -0.15) is 0 Å². The van der Waals surface area contributed by atoms with Gasteiger partial charge in [0.05, 0.1) is 4.92 Å². The number of hydrogen-bond acceptors (Lipinski definition) is 4. The molecule has 19 heavy (non-hydrogen) atoms. The summed E-state index contributed by atoms with van der Waals surface area (Å²) in [5.41, 5.74) is 1.81. The highest BCUT2D eigenvalue weighted by Gasteiger charge is 2.09. The Morgan fingerprint density at radius 1 is 1.47 bits per heavy atom. The van der Waals surface area contributed by atoms with Gasteiger partial charge in [0, 0.05) is 33.7 Å². The van der Waals surface area contributed by atoms with Gasteiger partial charge in [0.25, 0.3) is 5.69 Å². The van der Waals surface area contributed by atoms with E-state index >= 15 is 0 Å². The molecule has 2 rings (SSSR count). The highest BCUT2D eigenvalue weighted by Crippen LogP contribution is 2.32. The quantitative estimate of drug-likeness (QED) is 0.616. The second-order valence-electron chi connectivity index (χ2n) is 3.94. The molecule has 4 nitrogen and oxygen atoms in total. The first-order valence-electron chi connectivity index (χ1n) is 5.40. The van der Waals surface area contributed by atoms with Gasteiger partial charge in [-0.05, 0) is 34.5 Å². The first kappa shape index (κ1) is 14.3. The summed E-state index contributed by atoms with van der Waals surface area (Å²) in [6.45, 7) is 2.49. The second kappa shape index (κ2) is 5.90. The second-order valence-corrected chi connectivity index (χ2v) is 6.54. The number of aryl methyl sites for hydroxylation is 1. The van der Waals surface area contributed by atoms with Crippen molar-refractivity contribution in [3.8, 4) is 0 Å². The van der Waals surface area contributed by atoms with E-state index in [9.17, 15) is 10.1 Å². The fourth-order valence-electron chi connectivity index (χ4n) is 1.57. The Hall–Kier alpha value is -1.11. The highest BCUT2D eigenvalue weighted by atomic mass is 79.9. The number of nitro groups is 1. The van der Waals surface area contributed by atoms with Crippen molar-refractivity contribution in [3.05, 3.63) is 53.6 Å². The third kappa shape index (κ3) is 3.46. The lowest BCUT2D eigenvalue weighted by Crippen LogP contribution is -2.00. The summed E-state index contributed by atoms with van der Waals surface area (Å²) in [6.07, 6.45) is 0. The molecule has 0 saturated heterocycles. The number of thiophene rings is 1. The van der Waals surface area contributed by atoms with Gasteiger partial charge in [0.2, 0.25) is 0 Å². The van der Waals surface area contributed by atoms with Crippen LogP contribution < -0.4 is 5.32 Å². The van der Waals surface area contributed by atoms with Crippen LogP contribution in [0.3, 0.4) is 0 Å². The molecule has 2 aromatic rings. The van der Waals surface area contributed by atoms with Crippen molar-refractivity contribution in [1.29, 1.82) is 0 Å². The summed E-state index contributed by atoms with van der Waals surface area (Å²) in [7, 11) is 0. The molecule has 0 spiro atoms. The van der Waals surface area contributed by atoms with Crippen molar-refractivity contribution in [3.63, 3.8) is 0 Å². The van der Waals surface area contributed by atoms with Gasteiger partial charge in [-0.25, -0.2) is 0 Å². The molecule has 0 saturated carbocycles. The summed E-state index contributed by atoms with van der Waals surface area (Å²) in [5, 5.41) is 13.9. The fourth-order valence-corrected chi connectivity index (χ4v) is 3.31. The minimum atomic E-state index is -0.400. The van der Waals surface area contributed by atoms with Crippen LogP contribution in [0.5, 0.6) is 0 Å². The van der Waals surface area contributed by atoms with Crippen molar-refractivity contribution in [1.82, 2.24) is 0 Å². The number of anilines is 1. The first-order chi connectivity index (χ1) is 8.97. The van der Waals surface area contributed by atoms with Gasteiger partial charge in [-0.1, -0.05) is 17.7 Å². The van der Waals surface area contributed by atoms with Gasteiger partial charge < -0.3 is 5.32 Å². The topological polar surface area (TPSA) is 55.2 Å². The molecule has 100 valence electrons. The maximum atomic E-state index is 10.7. The Bertz CT molecular complexity index is 611. The molecule has 0 aliphatic heterocycles. The Morgan fingerprint density at radius 3 is 2.79 bits per heavy atom. The smallest absolute Gasteiger partial charge is 0.271 e. The van der Waals surface area contributed by atoms with Crippen LogP contribution in [0.15, 0.2) is 28.7 Å². The third-order valence-corrected chi connectivity index (χ3v) is 5.06. The average molecular weight is 362 g/mol. The largest absolute Gasteiger partial charge is 0.380 e. The van der Waals surface area contributed by atoms with Crippen LogP contribution in [0.2, 0.25) is 4.34 Å². The SMILES string of the molecule is Cc1ccc([N+](=O)[O-])cc1NCc1cc(Br)c(Cl)s1. The molecule has 0 bridgehead atoms. The molecular formula is C12H10BrClN2O2S. The van der Waals surface area contributed by atoms with Crippen LogP contribution in [-0.2, 0) is 6.54 Å². The van der Waals surface area contributed by atoms with Gasteiger partial charge in [0.1, 0.15) is 4.34 Å². The Morgan fingerprint density at radius 2 is 2.21 bits per heavy atom. The standard InChI is InChI=1S/C12H10BrClN2O2S/c1-7-2-3-8(16(17)18)4-11(7)15-6-9-5-10(13)12(14)19-9/h2-5,15H,6H2,1H3. The summed E-state index contributed by atoms with van der Waals surface area (Å²) in [4.78, 5) is 11.4. The summed E-state index contributed by atoms with van der Waals surface area (Å²) in [5.74, 6) is 0. The fraction of sp³-hybridized carbons (Fsp3) is 0.167. The van der Waals surface area contributed by atoms with E-state index in [2.05, 4.69) is 21.2 Å². The molecule has 1 N–H and O–H groups in total. The minimum Gasteiger partial charge on any atom is -0.380 e. The van der Waals surface area contributed by atoms with Crippen LogP contribution in [-0.4, -0.2) is 4.92 Å². The van der Waals surface area contributed by atoms with E-state index in [1.54, 1.807) is 12.1 Å². The lowest BCUT2D eigenvalue weighted by Gasteiger charge is -2.08. The molecule has 0 amide bonds. The van der Waals surface area contributed by atoms with E-state index in [0.717, 1.165) is 20.6 Å². The number of benzene rings is 1. The zero-order valence-electron chi connectivity index (χ0n) is 9.94. The minimum absolute atomic E-state index is 0.0819. The van der Waals surface area contributed by atoms with Gasteiger partial charge in [0.15, 0.2) is 0 Å². The predicted octanol–water partition coefficient (Wildman–Crippen LogP) is 4.99. The zero-order valence-corrected chi connectivity index (χ0v) is 13.1. The normalized spacial score (nSPS) is 10.5. The summed E-state index contributed by atoms with van der Waals surface area (Å²) in [6, 6.07) is 6.71. The van der Waals surface area contributed by atoms with E-state index in [-0.39, 0.29) is 5.69 Å². The molecule has 0 unspecified atom stereocenters. The van der Waals surface area contributed by atoms with E-state index in [1.165, 1.54) is 17.4 Å². The van der Waals surface area contributed by atoms with E-state index in [0.29, 0.717) is 10.9 Å². The molecule has 0 radical (unpaired) electrons. The molecule has 0 fully saturated rings. The van der Waals surface area contributed by atoms with Crippen molar-refractivity contribution >= 4 is 50.2 Å². The van der Waals surface area contributed by atoms with E-state index < -0.39 is 4.92 Å². The third-order valence-electron chi connectivity index (χ3n) is 2.58. The number of halogens is 2. The van der Waals surface area contributed by atoms with Crippen LogP contribution in [0, 0.1) is 17.0 Å². The Balaban J connectivity index is 2.14. The molecule has 1 aromatic carbocycles. The van der Waals surface area contributed by atoms with Crippen LogP contribution >= 0.6 is 38.9 Å². The van der Waals surface area contributed by atoms with Gasteiger partial charge in [-0.3, -0.25) is 10.1 Å². The molecular weight excluding hydrogens is 352 g/mol. The lowest BCUT2D eigenvalue weighted by molar-refractivity contribution is -0.384. The number of non-ortho nitro benzene ring substituents is 1. The lowest BCUT2D eigenvalue weighted by atomic mass is 10.2. The number of nitrogens with one attached hydrogen (secondary N) is 1. The molecule has 0 aliphatic carbocycles. The molecule has 1 heterocycles. The first-order valence-corrected chi connectivity index (χ1v) is 7.38. The van der Waals surface area contributed by atoms with Crippen LogP contribution in [0.4, 0.5) is 11.4 Å². The number of nitro benzene ring substituents is 1. The van der Waals surface area contributed by atoms with Crippen LogP contribution in [0.25, 0.3) is 0 Å². The van der Waals surface area contributed by atoms with Gasteiger partial charge in [-0.15, -0.1) is 11.3 Å². The Kier molecular flexibility index (Phi) is 4.44. The number of nitrogens with zero attached hydrogens (tertiary/aromatic N) is 1. The maximum absolute atomic E-state index is 10.7. The zero-order chi connectivity index (χ0) is 14.0. The monoisotopic (exact) mass is 360 g/mol. The summed E-state index contributed by atoms with van der Waals surface area (Å²) < 4.78 is 1.57. The van der Waals surface area contributed by atoms with Crippen molar-refractivity contribution < 1.29 is 4.92 Å². The van der Waals surface area contributed by atoms with Crippen molar-refractivity contribution in [2.75, 3.05) is 5.32 Å². The van der Waals surface area contributed by atoms with Crippen molar-refractivity contribution in [2.45, 2.75) is 13.5 Å². The molecule has 0 aliphatic rings. The predicted molar refractivity (Wildman–Crippen MR) is 82.2 cm³/mol. The highest BCUT2D eigenvalue weighted by molar-refractivity contribution is 9.10. The Labute approximate surface area is 127 Å². The van der Waals surface area contributed by atoms with E-state index in [1.807, 2.05) is 13.0 Å². The summed E-state index contributed by atoms with van der Waals surface area (Å²) >= 11 is 10.8. The number of hydrogen-bond donors (Lipinski definition) is 1. The average Bonchev–Trinajstić information content (AvgIpc) is 2.67. The molecule has 7 heteroatoms. The van der Waals surface area contributed by atoms with Crippen LogP contribution in [0.1, 0.15) is 10.4 Å². The van der Waals surface area contributed by atoms with E-state index in [4.69, 9.17) is 11.6 Å². The molecule has 0 atom stereocenters. The van der Waals surface area contributed by atoms with Crippen molar-refractivity contribution in [2.24, 2.45) is 0 Å². The maximum Gasteiger partial charge on any atom is 0.271 e. The number of rotatable bonds is 4. The van der Waals surface area contributed by atoms with Gasteiger partial charge >= 0.3 is 0 Å².